The molecule has 5 unspecified atom stereocenters. The maximum Gasteiger partial charge on any atom is 0.142 e. The second-order valence-corrected chi connectivity index (χ2v) is 13.7. The summed E-state index contributed by atoms with van der Waals surface area (Å²) in [6.45, 7) is 15.0. The Labute approximate surface area is 265 Å². The van der Waals surface area contributed by atoms with Crippen molar-refractivity contribution in [1.29, 1.82) is 0 Å². The average molecular weight is 599 g/mol. The number of nitrogens with zero attached hydrogens (tertiary/aromatic N) is 2. The summed E-state index contributed by atoms with van der Waals surface area (Å²) >= 11 is 0. The van der Waals surface area contributed by atoms with Gasteiger partial charge in [-0.1, -0.05) is 153 Å². The third-order valence-corrected chi connectivity index (χ3v) is 10.7. The SMILES string of the molecule is CCCCCCCCCCCCCCCCCC(=O)C1C(=NO)C(C)(CC)N(OC(C)c2ccccc2)C(C)(CC)C1C. The highest BCUT2D eigenvalue weighted by molar-refractivity contribution is 6.10. The zero-order valence-electron chi connectivity index (χ0n) is 29.0. The molecule has 43 heavy (non-hydrogen) atoms. The molecule has 246 valence electrons. The minimum atomic E-state index is -0.690. The molecule has 5 nitrogen and oxygen atoms in total. The van der Waals surface area contributed by atoms with Crippen LogP contribution in [0.1, 0.15) is 176 Å². The molecule has 1 heterocycles. The Morgan fingerprint density at radius 1 is 0.837 bits per heavy atom. The van der Waals surface area contributed by atoms with E-state index in [4.69, 9.17) is 4.84 Å². The van der Waals surface area contributed by atoms with Gasteiger partial charge in [0, 0.05) is 12.0 Å². The quantitative estimate of drug-likeness (QED) is 0.0819. The summed E-state index contributed by atoms with van der Waals surface area (Å²) in [7, 11) is 0. The van der Waals surface area contributed by atoms with Crippen molar-refractivity contribution in [2.75, 3.05) is 0 Å². The van der Waals surface area contributed by atoms with Gasteiger partial charge in [0.05, 0.1) is 17.2 Å². The van der Waals surface area contributed by atoms with E-state index >= 15 is 0 Å². The van der Waals surface area contributed by atoms with Crippen molar-refractivity contribution in [3.8, 4) is 0 Å². The second-order valence-electron chi connectivity index (χ2n) is 13.7. The number of oxime groups is 1. The number of benzene rings is 1. The lowest BCUT2D eigenvalue weighted by molar-refractivity contribution is -0.304. The predicted molar refractivity (Wildman–Crippen MR) is 182 cm³/mol. The van der Waals surface area contributed by atoms with E-state index < -0.39 is 17.0 Å². The number of carbonyl (C=O) groups excluding carboxylic acids is 1. The Morgan fingerprint density at radius 2 is 1.33 bits per heavy atom. The molecule has 0 bridgehead atoms. The fourth-order valence-corrected chi connectivity index (χ4v) is 7.18. The third kappa shape index (κ3) is 10.4. The minimum Gasteiger partial charge on any atom is -0.411 e. The predicted octanol–water partition coefficient (Wildman–Crippen LogP) is 11.2. The topological polar surface area (TPSA) is 62.1 Å². The Morgan fingerprint density at radius 3 is 1.77 bits per heavy atom. The smallest absolute Gasteiger partial charge is 0.142 e. The summed E-state index contributed by atoms with van der Waals surface area (Å²) in [4.78, 5) is 20.6. The Balaban J connectivity index is 1.86. The largest absolute Gasteiger partial charge is 0.411 e. The number of hydrogen-bond donors (Lipinski definition) is 1. The summed E-state index contributed by atoms with van der Waals surface area (Å²) < 4.78 is 0. The Kier molecular flexibility index (Phi) is 17.1. The van der Waals surface area contributed by atoms with E-state index in [9.17, 15) is 10.0 Å². The van der Waals surface area contributed by atoms with E-state index in [1.54, 1.807) is 0 Å². The number of rotatable bonds is 22. The van der Waals surface area contributed by atoms with Crippen molar-refractivity contribution in [1.82, 2.24) is 5.06 Å². The second kappa shape index (κ2) is 19.6. The van der Waals surface area contributed by atoms with E-state index in [-0.39, 0.29) is 17.8 Å². The lowest BCUT2D eigenvalue weighted by Crippen LogP contribution is -2.71. The monoisotopic (exact) mass is 599 g/mol. The van der Waals surface area contributed by atoms with Gasteiger partial charge in [0.15, 0.2) is 0 Å². The molecular weight excluding hydrogens is 532 g/mol. The molecule has 5 atom stereocenters. The van der Waals surface area contributed by atoms with Crippen LogP contribution in [0.3, 0.4) is 0 Å². The van der Waals surface area contributed by atoms with Gasteiger partial charge < -0.3 is 5.21 Å². The van der Waals surface area contributed by atoms with Crippen molar-refractivity contribution in [2.45, 2.75) is 181 Å². The zero-order valence-corrected chi connectivity index (χ0v) is 29.0. The highest BCUT2D eigenvalue weighted by Gasteiger charge is 2.59. The molecule has 1 aromatic rings. The molecule has 0 radical (unpaired) electrons. The van der Waals surface area contributed by atoms with Crippen LogP contribution >= 0.6 is 0 Å². The van der Waals surface area contributed by atoms with E-state index in [1.807, 2.05) is 18.2 Å². The number of Topliss-reactive ketones (excluding diaryl/α,β-unsaturated/α-hetero) is 1. The maximum atomic E-state index is 13.8. The van der Waals surface area contributed by atoms with Crippen molar-refractivity contribution < 1.29 is 14.8 Å². The van der Waals surface area contributed by atoms with Gasteiger partial charge in [0.25, 0.3) is 0 Å². The molecule has 2 rings (SSSR count). The van der Waals surface area contributed by atoms with Crippen LogP contribution in [-0.2, 0) is 9.63 Å². The van der Waals surface area contributed by atoms with E-state index in [0.29, 0.717) is 18.6 Å². The van der Waals surface area contributed by atoms with E-state index in [0.717, 1.165) is 24.8 Å². The first-order valence-corrected chi connectivity index (χ1v) is 18.0. The van der Waals surface area contributed by atoms with Gasteiger partial charge in [-0.05, 0) is 51.5 Å². The Hall–Kier alpha value is -1.72. The van der Waals surface area contributed by atoms with Crippen LogP contribution in [0.15, 0.2) is 35.5 Å². The van der Waals surface area contributed by atoms with Crippen LogP contribution in [0.4, 0.5) is 0 Å². The minimum absolute atomic E-state index is 0.0464. The first-order chi connectivity index (χ1) is 20.7. The third-order valence-electron chi connectivity index (χ3n) is 10.7. The number of hydroxylamine groups is 2. The van der Waals surface area contributed by atoms with Crippen LogP contribution in [0.25, 0.3) is 0 Å². The number of carbonyl (C=O) groups is 1. The normalized spacial score (nSPS) is 26.2. The van der Waals surface area contributed by atoms with Crippen LogP contribution in [0, 0.1) is 11.8 Å². The van der Waals surface area contributed by atoms with Gasteiger partial charge in [-0.2, -0.15) is 5.06 Å². The van der Waals surface area contributed by atoms with Gasteiger partial charge in [0.2, 0.25) is 0 Å². The summed E-state index contributed by atoms with van der Waals surface area (Å²) in [6.07, 6.45) is 21.5. The molecule has 0 saturated carbocycles. The first-order valence-electron chi connectivity index (χ1n) is 18.0. The van der Waals surface area contributed by atoms with Crippen molar-refractivity contribution in [3.63, 3.8) is 0 Å². The Bertz CT molecular complexity index is 934. The van der Waals surface area contributed by atoms with Crippen LogP contribution in [0.2, 0.25) is 0 Å². The summed E-state index contributed by atoms with van der Waals surface area (Å²) in [6, 6.07) is 10.2. The van der Waals surface area contributed by atoms with Gasteiger partial charge in [0.1, 0.15) is 11.9 Å². The average Bonchev–Trinajstić information content (AvgIpc) is 3.02. The lowest BCUT2D eigenvalue weighted by Gasteiger charge is -2.59. The van der Waals surface area contributed by atoms with Crippen LogP contribution in [0.5, 0.6) is 0 Å². The van der Waals surface area contributed by atoms with Gasteiger partial charge >= 0.3 is 0 Å². The fraction of sp³-hybridized carbons (Fsp3) is 0.789. The molecule has 0 aromatic heterocycles. The molecule has 1 N–H and O–H groups in total. The van der Waals surface area contributed by atoms with E-state index in [2.05, 4.69) is 70.8 Å². The number of unbranched alkanes of at least 4 members (excludes halogenated alkanes) is 14. The molecule has 1 fully saturated rings. The zero-order chi connectivity index (χ0) is 31.7. The summed E-state index contributed by atoms with van der Waals surface area (Å²) in [5.41, 5.74) is 0.572. The highest BCUT2D eigenvalue weighted by Crippen LogP contribution is 2.49. The molecular formula is C38H66N2O3. The van der Waals surface area contributed by atoms with Crippen molar-refractivity contribution in [3.05, 3.63) is 35.9 Å². The molecule has 1 aliphatic rings. The van der Waals surface area contributed by atoms with Gasteiger partial charge in [-0.25, -0.2) is 0 Å². The summed E-state index contributed by atoms with van der Waals surface area (Å²) in [5.74, 6) is -0.238. The molecule has 0 spiro atoms. The lowest BCUT2D eigenvalue weighted by atomic mass is 9.62. The number of ketones is 1. The van der Waals surface area contributed by atoms with Crippen LogP contribution in [-0.4, -0.2) is 32.8 Å². The summed E-state index contributed by atoms with van der Waals surface area (Å²) in [5, 5.41) is 16.3. The highest BCUT2D eigenvalue weighted by atomic mass is 16.7. The number of piperidine rings is 1. The molecule has 1 aromatic carbocycles. The van der Waals surface area contributed by atoms with Crippen LogP contribution < -0.4 is 0 Å². The molecule has 5 heteroatoms. The van der Waals surface area contributed by atoms with Gasteiger partial charge in [-0.3, -0.25) is 9.63 Å². The van der Waals surface area contributed by atoms with Crippen molar-refractivity contribution >= 4 is 11.5 Å². The molecule has 1 saturated heterocycles. The first kappa shape index (κ1) is 37.5. The van der Waals surface area contributed by atoms with Crippen molar-refractivity contribution in [2.24, 2.45) is 17.0 Å². The standard InChI is InChI=1S/C38H66N2O3/c1-8-11-12-13-14-15-16-17-18-19-20-21-22-23-27-30-34(41)35-31(4)37(6,9-2)40(38(7,10-3)36(35)39-42)43-32(5)33-28-25-24-26-29-33/h24-26,28-29,31-32,35,42H,8-23,27,30H2,1-7H3. The van der Waals surface area contributed by atoms with Gasteiger partial charge in [-0.15, -0.1) is 0 Å². The number of hydrogen-bond acceptors (Lipinski definition) is 5. The fourth-order valence-electron chi connectivity index (χ4n) is 7.18. The molecule has 0 aliphatic carbocycles. The maximum absolute atomic E-state index is 13.8. The molecule has 1 aliphatic heterocycles. The molecule has 0 amide bonds. The van der Waals surface area contributed by atoms with E-state index in [1.165, 1.54) is 83.5 Å².